The van der Waals surface area contributed by atoms with Crippen LogP contribution in [0.3, 0.4) is 0 Å². The summed E-state index contributed by atoms with van der Waals surface area (Å²) in [5.74, 6) is 0. The van der Waals surface area contributed by atoms with Crippen molar-refractivity contribution in [3.8, 4) is 0 Å². The maximum absolute atomic E-state index is 3.52. The number of nitrogens with zero attached hydrogens (tertiary/aromatic N) is 1. The molecule has 18 heavy (non-hydrogen) atoms. The maximum atomic E-state index is 3.52. The van der Waals surface area contributed by atoms with Gasteiger partial charge in [-0.15, -0.1) is 0 Å². The zero-order valence-corrected chi connectivity index (χ0v) is 11.7. The predicted octanol–water partition coefficient (Wildman–Crippen LogP) is 3.21. The lowest BCUT2D eigenvalue weighted by molar-refractivity contribution is 0.139. The molecule has 0 radical (unpaired) electrons. The Hall–Kier alpha value is -0.860. The van der Waals surface area contributed by atoms with Gasteiger partial charge in [-0.25, -0.2) is 0 Å². The van der Waals surface area contributed by atoms with E-state index in [4.69, 9.17) is 0 Å². The molecule has 1 aliphatic rings. The zero-order valence-electron chi connectivity index (χ0n) is 11.7. The number of piperidine rings is 1. The van der Waals surface area contributed by atoms with Gasteiger partial charge in [-0.05, 0) is 38.4 Å². The lowest BCUT2D eigenvalue weighted by Gasteiger charge is -2.37. The van der Waals surface area contributed by atoms with Crippen molar-refractivity contribution >= 4 is 0 Å². The Morgan fingerprint density at radius 2 is 2.11 bits per heavy atom. The monoisotopic (exact) mass is 246 g/mol. The van der Waals surface area contributed by atoms with Gasteiger partial charge >= 0.3 is 0 Å². The van der Waals surface area contributed by atoms with E-state index in [9.17, 15) is 0 Å². The molecule has 2 atom stereocenters. The largest absolute Gasteiger partial charge is 0.315 e. The van der Waals surface area contributed by atoms with Crippen LogP contribution in [0.1, 0.15) is 44.2 Å². The highest BCUT2D eigenvalue weighted by atomic mass is 15.2. The zero-order chi connectivity index (χ0) is 12.8. The van der Waals surface area contributed by atoms with Crippen molar-refractivity contribution in [2.24, 2.45) is 0 Å². The molecule has 1 N–H and O–H groups in total. The summed E-state index contributed by atoms with van der Waals surface area (Å²) in [5, 5.41) is 3.52. The molecule has 0 aliphatic carbocycles. The van der Waals surface area contributed by atoms with Gasteiger partial charge in [-0.1, -0.05) is 43.7 Å². The first-order valence-electron chi connectivity index (χ1n) is 7.30. The minimum absolute atomic E-state index is 0.570. The lowest BCUT2D eigenvalue weighted by Crippen LogP contribution is -2.45. The summed E-state index contributed by atoms with van der Waals surface area (Å²) in [5.41, 5.74) is 1.47. The summed E-state index contributed by atoms with van der Waals surface area (Å²) in [4.78, 5) is 2.59. The van der Waals surface area contributed by atoms with Crippen LogP contribution in [-0.2, 0) is 0 Å². The van der Waals surface area contributed by atoms with Crippen LogP contribution in [0.5, 0.6) is 0 Å². The van der Waals surface area contributed by atoms with Gasteiger partial charge in [0, 0.05) is 18.6 Å². The average molecular weight is 246 g/mol. The highest BCUT2D eigenvalue weighted by molar-refractivity contribution is 5.19. The van der Waals surface area contributed by atoms with Gasteiger partial charge in [-0.2, -0.15) is 0 Å². The molecule has 1 fully saturated rings. The Labute approximate surface area is 111 Å². The van der Waals surface area contributed by atoms with E-state index in [0.717, 1.165) is 6.54 Å². The van der Waals surface area contributed by atoms with E-state index in [0.29, 0.717) is 12.1 Å². The molecule has 0 saturated carbocycles. The number of hydrogen-bond donors (Lipinski definition) is 1. The van der Waals surface area contributed by atoms with Gasteiger partial charge in [-0.3, -0.25) is 4.90 Å². The molecular weight excluding hydrogens is 220 g/mol. The summed E-state index contributed by atoms with van der Waals surface area (Å²) in [6.07, 6.45) is 5.13. The number of nitrogens with one attached hydrogen (secondary N) is 1. The van der Waals surface area contributed by atoms with E-state index in [1.54, 1.807) is 0 Å². The minimum atomic E-state index is 0.570. The molecule has 0 spiro atoms. The van der Waals surface area contributed by atoms with E-state index in [1.807, 2.05) is 0 Å². The maximum Gasteiger partial charge on any atom is 0.0348 e. The second-order valence-corrected chi connectivity index (χ2v) is 5.38. The standard InChI is InChI=1S/C16H26N2/c1-3-8-16(14-9-5-4-6-10-14)18(2)15-11-7-12-17-13-15/h4-6,9-10,15-17H,3,7-8,11-13H2,1-2H3. The summed E-state index contributed by atoms with van der Waals surface area (Å²) in [7, 11) is 2.30. The molecule has 1 aromatic rings. The predicted molar refractivity (Wildman–Crippen MR) is 77.7 cm³/mol. The molecule has 2 rings (SSSR count). The van der Waals surface area contributed by atoms with E-state index >= 15 is 0 Å². The van der Waals surface area contributed by atoms with Crippen molar-refractivity contribution in [1.82, 2.24) is 10.2 Å². The number of hydrogen-bond acceptors (Lipinski definition) is 2. The molecule has 2 nitrogen and oxygen atoms in total. The summed E-state index contributed by atoms with van der Waals surface area (Å²) < 4.78 is 0. The van der Waals surface area contributed by atoms with Crippen LogP contribution in [0, 0.1) is 0 Å². The molecular formula is C16H26N2. The molecule has 100 valence electrons. The summed E-state index contributed by atoms with van der Waals surface area (Å²) in [6.45, 7) is 4.61. The normalized spacial score (nSPS) is 22.1. The smallest absolute Gasteiger partial charge is 0.0348 e. The van der Waals surface area contributed by atoms with Crippen LogP contribution in [0.2, 0.25) is 0 Å². The van der Waals surface area contributed by atoms with Crippen LogP contribution in [0.25, 0.3) is 0 Å². The fourth-order valence-corrected chi connectivity index (χ4v) is 2.99. The van der Waals surface area contributed by atoms with Gasteiger partial charge < -0.3 is 5.32 Å². The minimum Gasteiger partial charge on any atom is -0.315 e. The van der Waals surface area contributed by atoms with Crippen LogP contribution in [0.4, 0.5) is 0 Å². The van der Waals surface area contributed by atoms with Crippen molar-refractivity contribution in [3.63, 3.8) is 0 Å². The first-order chi connectivity index (χ1) is 8.83. The van der Waals surface area contributed by atoms with Gasteiger partial charge in [0.2, 0.25) is 0 Å². The van der Waals surface area contributed by atoms with E-state index < -0.39 is 0 Å². The Morgan fingerprint density at radius 3 is 2.72 bits per heavy atom. The number of rotatable bonds is 5. The van der Waals surface area contributed by atoms with E-state index in [1.165, 1.54) is 37.8 Å². The molecule has 2 unspecified atom stereocenters. The van der Waals surface area contributed by atoms with Gasteiger partial charge in [0.05, 0.1) is 0 Å². The van der Waals surface area contributed by atoms with E-state index in [-0.39, 0.29) is 0 Å². The number of likely N-dealkylation sites (N-methyl/N-ethyl adjacent to an activating group) is 1. The molecule has 2 heteroatoms. The average Bonchev–Trinajstić information content (AvgIpc) is 2.46. The van der Waals surface area contributed by atoms with Crippen LogP contribution in [-0.4, -0.2) is 31.1 Å². The van der Waals surface area contributed by atoms with Crippen molar-refractivity contribution in [1.29, 1.82) is 0 Å². The Bertz CT molecular complexity index is 330. The van der Waals surface area contributed by atoms with Crippen LogP contribution in [0.15, 0.2) is 30.3 Å². The molecule has 0 bridgehead atoms. The Morgan fingerprint density at radius 1 is 1.33 bits per heavy atom. The molecule has 0 aromatic heterocycles. The SMILES string of the molecule is CCCC(c1ccccc1)N(C)C1CCCNC1. The number of benzene rings is 1. The molecule has 1 aromatic carbocycles. The molecule has 1 saturated heterocycles. The highest BCUT2D eigenvalue weighted by Crippen LogP contribution is 2.27. The summed E-state index contributed by atoms with van der Waals surface area (Å²) >= 11 is 0. The first kappa shape index (κ1) is 13.6. The quantitative estimate of drug-likeness (QED) is 0.858. The molecule has 1 heterocycles. The third kappa shape index (κ3) is 3.33. The molecule has 1 aliphatic heterocycles. The van der Waals surface area contributed by atoms with Crippen LogP contribution < -0.4 is 5.32 Å². The highest BCUT2D eigenvalue weighted by Gasteiger charge is 2.24. The Balaban J connectivity index is 2.08. The third-order valence-electron chi connectivity index (χ3n) is 4.08. The summed E-state index contributed by atoms with van der Waals surface area (Å²) in [6, 6.07) is 12.2. The van der Waals surface area contributed by atoms with Crippen molar-refractivity contribution < 1.29 is 0 Å². The lowest BCUT2D eigenvalue weighted by atomic mass is 9.97. The second kappa shape index (κ2) is 6.91. The Kier molecular flexibility index (Phi) is 5.21. The van der Waals surface area contributed by atoms with Gasteiger partial charge in [0.25, 0.3) is 0 Å². The van der Waals surface area contributed by atoms with Crippen molar-refractivity contribution in [2.75, 3.05) is 20.1 Å². The topological polar surface area (TPSA) is 15.3 Å². The second-order valence-electron chi connectivity index (χ2n) is 5.38. The van der Waals surface area contributed by atoms with E-state index in [2.05, 4.69) is 54.5 Å². The first-order valence-corrected chi connectivity index (χ1v) is 7.30. The van der Waals surface area contributed by atoms with Crippen LogP contribution >= 0.6 is 0 Å². The van der Waals surface area contributed by atoms with Gasteiger partial charge in [0.1, 0.15) is 0 Å². The fourth-order valence-electron chi connectivity index (χ4n) is 2.99. The van der Waals surface area contributed by atoms with Crippen molar-refractivity contribution in [2.45, 2.75) is 44.7 Å². The molecule has 0 amide bonds. The third-order valence-corrected chi connectivity index (χ3v) is 4.08. The fraction of sp³-hybridized carbons (Fsp3) is 0.625. The van der Waals surface area contributed by atoms with Gasteiger partial charge in [0.15, 0.2) is 0 Å². The van der Waals surface area contributed by atoms with Crippen molar-refractivity contribution in [3.05, 3.63) is 35.9 Å².